The van der Waals surface area contributed by atoms with Gasteiger partial charge in [-0.2, -0.15) is 5.10 Å². The largest absolute Gasteiger partial charge is 0.388 e. The minimum atomic E-state index is -0.452. The van der Waals surface area contributed by atoms with Gasteiger partial charge in [-0.25, -0.2) is 0 Å². The molecule has 15 heavy (non-hydrogen) atoms. The highest BCUT2D eigenvalue weighted by Crippen LogP contribution is 2.23. The molecule has 0 aromatic carbocycles. The molecule has 3 nitrogen and oxygen atoms in total. The van der Waals surface area contributed by atoms with Crippen LogP contribution in [0.5, 0.6) is 0 Å². The summed E-state index contributed by atoms with van der Waals surface area (Å²) in [7, 11) is 0. The number of thiophene rings is 1. The lowest BCUT2D eigenvalue weighted by Gasteiger charge is -2.05. The predicted octanol–water partition coefficient (Wildman–Crippen LogP) is 2.31. The Bertz CT molecular complexity index is 408. The van der Waals surface area contributed by atoms with Crippen molar-refractivity contribution in [3.63, 3.8) is 0 Å². The van der Waals surface area contributed by atoms with Gasteiger partial charge < -0.3 is 5.11 Å². The summed E-state index contributed by atoms with van der Waals surface area (Å²) in [6, 6.07) is 4.22. The van der Waals surface area contributed by atoms with Crippen molar-refractivity contribution in [2.75, 3.05) is 0 Å². The number of aliphatic hydroxyl groups excluding tert-OH is 1. The molecule has 0 amide bonds. The minimum absolute atomic E-state index is 0.452. The first kappa shape index (κ1) is 10.4. The van der Waals surface area contributed by atoms with Gasteiger partial charge in [0, 0.05) is 27.9 Å². The van der Waals surface area contributed by atoms with E-state index < -0.39 is 6.10 Å². The number of rotatable bonds is 4. The maximum Gasteiger partial charge on any atom is 0.0868 e. The molecule has 0 saturated carbocycles. The average molecular weight is 222 g/mol. The maximum absolute atomic E-state index is 9.89. The second-order valence-corrected chi connectivity index (χ2v) is 4.73. The molecule has 1 atom stereocenters. The first-order valence-electron chi connectivity index (χ1n) is 5.04. The van der Waals surface area contributed by atoms with Gasteiger partial charge in [0.25, 0.3) is 0 Å². The summed E-state index contributed by atoms with van der Waals surface area (Å²) in [6.07, 6.45) is 4.68. The first-order valence-corrected chi connectivity index (χ1v) is 5.85. The fourth-order valence-electron chi connectivity index (χ4n) is 1.47. The van der Waals surface area contributed by atoms with E-state index in [9.17, 15) is 5.11 Å². The van der Waals surface area contributed by atoms with Crippen LogP contribution in [0.2, 0.25) is 0 Å². The summed E-state index contributed by atoms with van der Waals surface area (Å²) in [5, 5.41) is 16.4. The number of nitrogens with one attached hydrogen (secondary N) is 1. The molecule has 1 unspecified atom stereocenters. The second-order valence-electron chi connectivity index (χ2n) is 3.47. The summed E-state index contributed by atoms with van der Waals surface area (Å²) in [5.41, 5.74) is 0.849. The van der Waals surface area contributed by atoms with E-state index in [0.717, 1.165) is 12.0 Å². The zero-order chi connectivity index (χ0) is 10.7. The number of H-pyrrole nitrogens is 1. The number of aryl methyl sites for hydroxylation is 1. The van der Waals surface area contributed by atoms with Crippen molar-refractivity contribution in [3.05, 3.63) is 39.8 Å². The normalized spacial score (nSPS) is 12.9. The lowest BCUT2D eigenvalue weighted by molar-refractivity contribution is 0.179. The molecule has 0 bridgehead atoms. The Morgan fingerprint density at radius 1 is 1.47 bits per heavy atom. The Morgan fingerprint density at radius 2 is 2.27 bits per heavy atom. The Labute approximate surface area is 92.8 Å². The van der Waals surface area contributed by atoms with Gasteiger partial charge in [-0.15, -0.1) is 11.3 Å². The Morgan fingerprint density at radius 3 is 2.87 bits per heavy atom. The van der Waals surface area contributed by atoms with Gasteiger partial charge in [0.05, 0.1) is 12.3 Å². The fraction of sp³-hybridized carbons (Fsp3) is 0.364. The zero-order valence-electron chi connectivity index (χ0n) is 8.60. The quantitative estimate of drug-likeness (QED) is 0.834. The number of hydrogen-bond acceptors (Lipinski definition) is 3. The van der Waals surface area contributed by atoms with Crippen LogP contribution in [0.4, 0.5) is 0 Å². The van der Waals surface area contributed by atoms with Crippen molar-refractivity contribution < 1.29 is 5.11 Å². The first-order chi connectivity index (χ1) is 7.29. The van der Waals surface area contributed by atoms with Crippen LogP contribution in [0.25, 0.3) is 0 Å². The van der Waals surface area contributed by atoms with Crippen LogP contribution in [0.3, 0.4) is 0 Å². The maximum atomic E-state index is 9.89. The standard InChI is InChI=1S/C11H14N2OS/c1-2-9-3-4-10(15-9)5-11(14)8-6-12-13-7-8/h3-4,6-7,11,14H,2,5H2,1H3,(H,12,13). The van der Waals surface area contributed by atoms with E-state index in [-0.39, 0.29) is 0 Å². The van der Waals surface area contributed by atoms with Crippen LogP contribution in [0.15, 0.2) is 24.5 Å². The van der Waals surface area contributed by atoms with E-state index in [0.29, 0.717) is 6.42 Å². The van der Waals surface area contributed by atoms with Crippen molar-refractivity contribution in [2.45, 2.75) is 25.9 Å². The molecule has 0 saturated heterocycles. The van der Waals surface area contributed by atoms with Gasteiger partial charge in [0.15, 0.2) is 0 Å². The molecule has 2 aromatic rings. The van der Waals surface area contributed by atoms with E-state index in [1.165, 1.54) is 9.75 Å². The van der Waals surface area contributed by atoms with Crippen LogP contribution in [0, 0.1) is 0 Å². The number of aliphatic hydroxyl groups is 1. The summed E-state index contributed by atoms with van der Waals surface area (Å²) < 4.78 is 0. The number of hydrogen-bond donors (Lipinski definition) is 2. The summed E-state index contributed by atoms with van der Waals surface area (Å²) in [5.74, 6) is 0. The molecule has 0 fully saturated rings. The van der Waals surface area contributed by atoms with Crippen molar-refractivity contribution in [3.8, 4) is 0 Å². The highest BCUT2D eigenvalue weighted by atomic mass is 32.1. The van der Waals surface area contributed by atoms with E-state index in [1.807, 2.05) is 0 Å². The molecule has 0 radical (unpaired) electrons. The Hall–Kier alpha value is -1.13. The van der Waals surface area contributed by atoms with Crippen LogP contribution < -0.4 is 0 Å². The predicted molar refractivity (Wildman–Crippen MR) is 60.9 cm³/mol. The molecular formula is C11H14N2OS. The molecule has 2 rings (SSSR count). The smallest absolute Gasteiger partial charge is 0.0868 e. The van der Waals surface area contributed by atoms with Crippen molar-refractivity contribution in [1.29, 1.82) is 0 Å². The van der Waals surface area contributed by atoms with Gasteiger partial charge >= 0.3 is 0 Å². The third-order valence-electron chi connectivity index (χ3n) is 2.36. The second kappa shape index (κ2) is 4.59. The molecule has 2 N–H and O–H groups in total. The lowest BCUT2D eigenvalue weighted by Crippen LogP contribution is -1.98. The molecular weight excluding hydrogens is 208 g/mol. The van der Waals surface area contributed by atoms with Crippen molar-refractivity contribution >= 4 is 11.3 Å². The monoisotopic (exact) mass is 222 g/mol. The van der Waals surface area contributed by atoms with E-state index >= 15 is 0 Å². The van der Waals surface area contributed by atoms with Crippen LogP contribution >= 0.6 is 11.3 Å². The summed E-state index contributed by atoms with van der Waals surface area (Å²) in [6.45, 7) is 2.14. The SMILES string of the molecule is CCc1ccc(CC(O)c2cn[nH]c2)s1. The highest BCUT2D eigenvalue weighted by Gasteiger charge is 2.10. The molecule has 80 valence electrons. The van der Waals surface area contributed by atoms with Crippen LogP contribution in [0.1, 0.15) is 28.3 Å². The molecule has 4 heteroatoms. The molecule has 0 aliphatic carbocycles. The number of aromatic nitrogens is 2. The van der Waals surface area contributed by atoms with E-state index in [1.54, 1.807) is 23.7 Å². The van der Waals surface area contributed by atoms with Crippen LogP contribution in [-0.4, -0.2) is 15.3 Å². The molecule has 2 heterocycles. The molecule has 0 aliphatic rings. The Kier molecular flexibility index (Phi) is 3.18. The van der Waals surface area contributed by atoms with Gasteiger partial charge in [-0.3, -0.25) is 5.10 Å². The summed E-state index contributed by atoms with van der Waals surface area (Å²) >= 11 is 1.77. The highest BCUT2D eigenvalue weighted by molar-refractivity contribution is 7.11. The molecule has 2 aromatic heterocycles. The minimum Gasteiger partial charge on any atom is -0.388 e. The average Bonchev–Trinajstić information content (AvgIpc) is 2.87. The number of nitrogens with zero attached hydrogens (tertiary/aromatic N) is 1. The third kappa shape index (κ3) is 2.46. The van der Waals surface area contributed by atoms with E-state index in [4.69, 9.17) is 0 Å². The fourth-order valence-corrected chi connectivity index (χ4v) is 2.47. The van der Waals surface area contributed by atoms with Crippen LogP contribution in [-0.2, 0) is 12.8 Å². The third-order valence-corrected chi connectivity index (χ3v) is 3.62. The molecule has 0 aliphatic heterocycles. The van der Waals surface area contributed by atoms with Gasteiger partial charge in [-0.1, -0.05) is 6.92 Å². The van der Waals surface area contributed by atoms with Crippen molar-refractivity contribution in [2.24, 2.45) is 0 Å². The number of aromatic amines is 1. The zero-order valence-corrected chi connectivity index (χ0v) is 9.42. The molecule has 0 spiro atoms. The van der Waals surface area contributed by atoms with Gasteiger partial charge in [0.2, 0.25) is 0 Å². The summed E-state index contributed by atoms with van der Waals surface area (Å²) in [4.78, 5) is 2.59. The topological polar surface area (TPSA) is 48.9 Å². The van der Waals surface area contributed by atoms with Gasteiger partial charge in [-0.05, 0) is 18.6 Å². The van der Waals surface area contributed by atoms with E-state index in [2.05, 4.69) is 29.3 Å². The lowest BCUT2D eigenvalue weighted by atomic mass is 10.1. The Balaban J connectivity index is 2.02. The van der Waals surface area contributed by atoms with Crippen molar-refractivity contribution in [1.82, 2.24) is 10.2 Å². The van der Waals surface area contributed by atoms with Gasteiger partial charge in [0.1, 0.15) is 0 Å².